The summed E-state index contributed by atoms with van der Waals surface area (Å²) in [4.78, 5) is 26.7. The van der Waals surface area contributed by atoms with Crippen LogP contribution in [-0.2, 0) is 24.1 Å². The maximum atomic E-state index is 13.2. The van der Waals surface area contributed by atoms with Gasteiger partial charge in [-0.3, -0.25) is 9.78 Å². The molecule has 1 unspecified atom stereocenters. The molecule has 0 spiro atoms. The molecular weight excluding hydrogens is 771 g/mol. The Kier molecular flexibility index (Phi) is 14.5. The van der Waals surface area contributed by atoms with Crippen LogP contribution in [0.5, 0.6) is 11.5 Å². The standard InChI is InChI=1S/C43H53N8O7P/c1-29(2)51(30(3)4)59(56-24-12-23-44)58-37-25-39(50-40-36(26-46-50)41(52)48-42(47-40)45-28-49(5)6)57-38(37)27-55-43(31-13-10-9-11-14-31,32-15-19-34(53-7)20-16-32)33-17-21-35(54-8)22-18-33/h9-11,13-22,26,28-30,37-39H,12,24-25,27H2,1-8H3,(H,47,48,52)/t37-,38+,39+,59?/m0/s1. The minimum atomic E-state index is -1.67. The fourth-order valence-electron chi connectivity index (χ4n) is 7.17. The van der Waals surface area contributed by atoms with Crippen LogP contribution < -0.4 is 15.0 Å². The lowest BCUT2D eigenvalue weighted by Crippen LogP contribution is -2.39. The van der Waals surface area contributed by atoms with Gasteiger partial charge < -0.3 is 32.9 Å². The molecule has 312 valence electrons. The van der Waals surface area contributed by atoms with E-state index in [-0.39, 0.29) is 43.2 Å². The summed E-state index contributed by atoms with van der Waals surface area (Å²) in [5, 5.41) is 14.3. The Labute approximate surface area is 346 Å². The van der Waals surface area contributed by atoms with E-state index in [1.54, 1.807) is 30.1 Å². The second-order valence-corrected chi connectivity index (χ2v) is 16.2. The second kappa shape index (κ2) is 19.7. The predicted octanol–water partition coefficient (Wildman–Crippen LogP) is 7.32. The van der Waals surface area contributed by atoms with Crippen molar-refractivity contribution in [2.75, 3.05) is 41.5 Å². The topological polar surface area (TPSA) is 162 Å². The summed E-state index contributed by atoms with van der Waals surface area (Å²) in [5.41, 5.74) is 1.43. The predicted molar refractivity (Wildman–Crippen MR) is 227 cm³/mol. The van der Waals surface area contributed by atoms with Gasteiger partial charge in [-0.25, -0.2) is 14.3 Å². The van der Waals surface area contributed by atoms with Crippen molar-refractivity contribution in [3.63, 3.8) is 0 Å². The minimum absolute atomic E-state index is 0.0600. The van der Waals surface area contributed by atoms with E-state index < -0.39 is 32.6 Å². The molecule has 0 saturated carbocycles. The first-order valence-corrected chi connectivity index (χ1v) is 20.7. The normalized spacial score (nSPS) is 17.6. The van der Waals surface area contributed by atoms with Crippen LogP contribution in [0.3, 0.4) is 0 Å². The number of ether oxygens (including phenoxy) is 4. The van der Waals surface area contributed by atoms with Gasteiger partial charge >= 0.3 is 0 Å². The van der Waals surface area contributed by atoms with Crippen LogP contribution in [0.4, 0.5) is 5.95 Å². The van der Waals surface area contributed by atoms with Crippen molar-refractivity contribution in [3.05, 3.63) is 112 Å². The highest BCUT2D eigenvalue weighted by atomic mass is 31.2. The lowest BCUT2D eigenvalue weighted by molar-refractivity contribution is -0.0931. The highest BCUT2D eigenvalue weighted by molar-refractivity contribution is 7.44. The van der Waals surface area contributed by atoms with Crippen molar-refractivity contribution in [1.29, 1.82) is 5.26 Å². The number of benzene rings is 3. The number of aliphatic imine (C=N–C) groups is 1. The van der Waals surface area contributed by atoms with Crippen molar-refractivity contribution in [3.8, 4) is 17.6 Å². The number of nitriles is 1. The van der Waals surface area contributed by atoms with E-state index in [1.165, 1.54) is 6.20 Å². The van der Waals surface area contributed by atoms with Gasteiger partial charge in [0.15, 0.2) is 11.9 Å². The third kappa shape index (κ3) is 9.82. The number of rotatable bonds is 19. The van der Waals surface area contributed by atoms with Gasteiger partial charge in [0.2, 0.25) is 5.95 Å². The minimum Gasteiger partial charge on any atom is -0.497 e. The van der Waals surface area contributed by atoms with Crippen LogP contribution in [-0.4, -0.2) is 101 Å². The van der Waals surface area contributed by atoms with Gasteiger partial charge in [0.25, 0.3) is 14.1 Å². The number of nitrogens with one attached hydrogen (secondary N) is 1. The Bertz CT molecular complexity index is 2190. The van der Waals surface area contributed by atoms with Crippen LogP contribution >= 0.6 is 8.53 Å². The number of hydrogen-bond donors (Lipinski definition) is 1. The van der Waals surface area contributed by atoms with E-state index in [9.17, 15) is 10.1 Å². The summed E-state index contributed by atoms with van der Waals surface area (Å²) in [5.74, 6) is 1.55. The fourth-order valence-corrected chi connectivity index (χ4v) is 8.93. The average molecular weight is 825 g/mol. The van der Waals surface area contributed by atoms with Gasteiger partial charge in [0, 0.05) is 32.6 Å². The third-order valence-electron chi connectivity index (χ3n) is 9.84. The quantitative estimate of drug-likeness (QED) is 0.0291. The first kappa shape index (κ1) is 43.4. The van der Waals surface area contributed by atoms with Gasteiger partial charge in [-0.15, -0.1) is 0 Å². The number of nitrogens with zero attached hydrogens (tertiary/aromatic N) is 7. The summed E-state index contributed by atoms with van der Waals surface area (Å²) < 4.78 is 42.5. The van der Waals surface area contributed by atoms with Gasteiger partial charge in [-0.2, -0.15) is 15.3 Å². The molecule has 16 heteroatoms. The van der Waals surface area contributed by atoms with E-state index in [1.807, 2.05) is 93.0 Å². The molecule has 5 aromatic rings. The highest BCUT2D eigenvalue weighted by Gasteiger charge is 2.45. The molecule has 15 nitrogen and oxygen atoms in total. The molecule has 1 N–H and O–H groups in total. The third-order valence-corrected chi connectivity index (χ3v) is 12.0. The molecule has 1 aliphatic rings. The second-order valence-electron chi connectivity index (χ2n) is 14.8. The monoisotopic (exact) mass is 824 g/mol. The van der Waals surface area contributed by atoms with Crippen molar-refractivity contribution >= 4 is 31.8 Å². The van der Waals surface area contributed by atoms with Crippen LogP contribution in [0.25, 0.3) is 11.0 Å². The Morgan fingerprint density at radius 2 is 1.59 bits per heavy atom. The molecule has 0 bridgehead atoms. The Morgan fingerprint density at radius 1 is 0.983 bits per heavy atom. The van der Waals surface area contributed by atoms with Crippen molar-refractivity contribution in [2.45, 2.75) is 76.7 Å². The van der Waals surface area contributed by atoms with Gasteiger partial charge in [-0.1, -0.05) is 54.6 Å². The lowest BCUT2D eigenvalue weighted by Gasteiger charge is -2.39. The van der Waals surface area contributed by atoms with E-state index >= 15 is 0 Å². The molecule has 3 aromatic carbocycles. The van der Waals surface area contributed by atoms with Crippen LogP contribution in [0, 0.1) is 11.3 Å². The molecule has 4 atom stereocenters. The SMILES string of the molecule is COc1ccc(C(OC[C@H]2O[C@@H](n3ncc4c(=O)[nH]c(N=CN(C)C)nc43)C[C@@H]2OP(OCCC#N)N(C(C)C)C(C)C)(c2ccccc2)c2ccc(OC)cc2)cc1. The molecule has 1 fully saturated rings. The van der Waals surface area contributed by atoms with E-state index in [0.29, 0.717) is 29.0 Å². The fraction of sp³-hybridized carbons (Fsp3) is 0.419. The van der Waals surface area contributed by atoms with Gasteiger partial charge in [-0.05, 0) is 68.7 Å². The number of hydrogen-bond acceptors (Lipinski definition) is 12. The zero-order chi connectivity index (χ0) is 42.1. The first-order valence-electron chi connectivity index (χ1n) is 19.6. The van der Waals surface area contributed by atoms with Crippen LogP contribution in [0.1, 0.15) is 63.5 Å². The van der Waals surface area contributed by atoms with E-state index in [0.717, 1.165) is 16.7 Å². The molecule has 0 radical (unpaired) electrons. The van der Waals surface area contributed by atoms with Gasteiger partial charge in [0.1, 0.15) is 28.6 Å². The van der Waals surface area contributed by atoms with Gasteiger partial charge in [0.05, 0.1) is 58.6 Å². The van der Waals surface area contributed by atoms with Crippen molar-refractivity contribution < 1.29 is 28.0 Å². The van der Waals surface area contributed by atoms with Crippen molar-refractivity contribution in [1.82, 2.24) is 29.3 Å². The first-order chi connectivity index (χ1) is 28.5. The smallest absolute Gasteiger partial charge is 0.263 e. The largest absolute Gasteiger partial charge is 0.497 e. The van der Waals surface area contributed by atoms with Crippen LogP contribution in [0.2, 0.25) is 0 Å². The molecule has 0 amide bonds. The summed E-state index contributed by atoms with van der Waals surface area (Å²) in [6.07, 6.45) is 1.62. The molecular formula is C43H53N8O7P. The average Bonchev–Trinajstić information content (AvgIpc) is 3.85. The number of H-pyrrole nitrogens is 1. The lowest BCUT2D eigenvalue weighted by atomic mass is 9.80. The molecule has 0 aliphatic carbocycles. The number of aromatic nitrogens is 4. The maximum absolute atomic E-state index is 13.2. The van der Waals surface area contributed by atoms with Crippen molar-refractivity contribution in [2.24, 2.45) is 4.99 Å². The zero-order valence-corrected chi connectivity index (χ0v) is 35.7. The summed E-state index contributed by atoms with van der Waals surface area (Å²) in [7, 11) is 5.26. The molecule has 1 aliphatic heterocycles. The number of methoxy groups -OCH3 is 2. The Hall–Kier alpha value is -5.20. The highest BCUT2D eigenvalue weighted by Crippen LogP contribution is 2.51. The summed E-state index contributed by atoms with van der Waals surface area (Å²) in [6.45, 7) is 8.63. The Balaban J connectivity index is 1.45. The maximum Gasteiger partial charge on any atom is 0.263 e. The van der Waals surface area contributed by atoms with Crippen LogP contribution in [0.15, 0.2) is 94.8 Å². The number of fused-ring (bicyclic) bond motifs is 1. The molecule has 2 aromatic heterocycles. The van der Waals surface area contributed by atoms with E-state index in [2.05, 4.69) is 58.5 Å². The summed E-state index contributed by atoms with van der Waals surface area (Å²) in [6, 6.07) is 28.0. The molecule has 1 saturated heterocycles. The molecule has 59 heavy (non-hydrogen) atoms. The van der Waals surface area contributed by atoms with E-state index in [4.69, 9.17) is 28.0 Å². The number of aromatic amines is 1. The zero-order valence-electron chi connectivity index (χ0n) is 34.8. The molecule has 3 heterocycles. The Morgan fingerprint density at radius 3 is 2.15 bits per heavy atom. The molecule has 6 rings (SSSR count). The summed E-state index contributed by atoms with van der Waals surface area (Å²) >= 11 is 0.